The lowest BCUT2D eigenvalue weighted by Crippen LogP contribution is -2.14. The minimum atomic E-state index is -4.50. The highest BCUT2D eigenvalue weighted by Crippen LogP contribution is 2.37. The van der Waals surface area contributed by atoms with Crippen LogP contribution in [-0.2, 0) is 17.1 Å². The van der Waals surface area contributed by atoms with Gasteiger partial charge in [0.2, 0.25) is 0 Å². The summed E-state index contributed by atoms with van der Waals surface area (Å²) in [5, 5.41) is 9.80. The average molecular weight is 480 g/mol. The van der Waals surface area contributed by atoms with Gasteiger partial charge in [0, 0.05) is 0 Å². The van der Waals surface area contributed by atoms with Crippen LogP contribution in [0.5, 0.6) is 0 Å². The number of carbonyl (C=O) groups is 1. The molecule has 0 aliphatic heterocycles. The lowest BCUT2D eigenvalue weighted by atomic mass is 9.86. The van der Waals surface area contributed by atoms with Crippen molar-refractivity contribution in [3.05, 3.63) is 83.4 Å². The Morgan fingerprint density at radius 1 is 0.706 bits per heavy atom. The van der Waals surface area contributed by atoms with Crippen LogP contribution < -0.4 is 0 Å². The number of hydrogen-bond acceptors (Lipinski definition) is 1. The van der Waals surface area contributed by atoms with Gasteiger partial charge in [-0.1, -0.05) is 50.2 Å². The molecule has 0 aliphatic rings. The number of alkyl halides is 6. The first kappa shape index (κ1) is 25.3. The van der Waals surface area contributed by atoms with Crippen LogP contribution in [-0.4, -0.2) is 11.1 Å². The summed E-state index contributed by atoms with van der Waals surface area (Å²) < 4.78 is 77.8. The molecule has 1 atom stereocenters. The van der Waals surface area contributed by atoms with Gasteiger partial charge in [0.1, 0.15) is 0 Å². The maximum atomic E-state index is 13.0. The summed E-state index contributed by atoms with van der Waals surface area (Å²) >= 11 is 0. The topological polar surface area (TPSA) is 37.3 Å². The lowest BCUT2D eigenvalue weighted by molar-refractivity contribution is -0.139. The van der Waals surface area contributed by atoms with Gasteiger partial charge in [-0.2, -0.15) is 26.3 Å². The van der Waals surface area contributed by atoms with Gasteiger partial charge >= 0.3 is 18.3 Å². The molecule has 3 aromatic rings. The predicted molar refractivity (Wildman–Crippen MR) is 117 cm³/mol. The molecule has 0 bridgehead atoms. The molecule has 0 aromatic heterocycles. The fourth-order valence-corrected chi connectivity index (χ4v) is 3.74. The highest BCUT2D eigenvalue weighted by atomic mass is 19.4. The van der Waals surface area contributed by atoms with Gasteiger partial charge in [-0.15, -0.1) is 0 Å². The minimum Gasteiger partial charge on any atom is -0.481 e. The van der Waals surface area contributed by atoms with E-state index in [1.54, 1.807) is 18.2 Å². The number of benzene rings is 3. The minimum absolute atomic E-state index is 0.0466. The van der Waals surface area contributed by atoms with Crippen LogP contribution in [0.3, 0.4) is 0 Å². The lowest BCUT2D eigenvalue weighted by Gasteiger charge is -2.18. The second-order valence-corrected chi connectivity index (χ2v) is 8.51. The van der Waals surface area contributed by atoms with Crippen LogP contribution in [0.1, 0.15) is 42.9 Å². The molecule has 0 aliphatic carbocycles. The smallest absolute Gasteiger partial charge is 0.416 e. The number of halogens is 6. The standard InChI is InChI=1S/C26H22F6O2/c1-15(2)11-23(24(33)34)20-13-18(16-3-7-21(8-4-16)25(27,28)29)12-19(14-20)17-5-9-22(10-6-17)26(30,31)32/h3-10,12-15,23H,11H2,1-2H3,(H,33,34)/t23-/m0/s1. The number of rotatable bonds is 6. The van der Waals surface area contributed by atoms with Crippen molar-refractivity contribution in [1.29, 1.82) is 0 Å². The van der Waals surface area contributed by atoms with E-state index >= 15 is 0 Å². The third-order valence-corrected chi connectivity index (χ3v) is 5.45. The second kappa shape index (κ2) is 9.52. The third kappa shape index (κ3) is 5.98. The highest BCUT2D eigenvalue weighted by Gasteiger charge is 2.31. The summed E-state index contributed by atoms with van der Waals surface area (Å²) in [6.45, 7) is 3.73. The number of carboxylic acid groups (broad SMARTS) is 1. The Labute approximate surface area is 192 Å². The van der Waals surface area contributed by atoms with Crippen molar-refractivity contribution in [3.63, 3.8) is 0 Å². The summed E-state index contributed by atoms with van der Waals surface area (Å²) in [5.74, 6) is -1.90. The van der Waals surface area contributed by atoms with E-state index in [2.05, 4.69) is 0 Å². The van der Waals surface area contributed by atoms with Crippen LogP contribution in [0.15, 0.2) is 66.7 Å². The van der Waals surface area contributed by atoms with E-state index in [-0.39, 0.29) is 5.92 Å². The molecule has 0 saturated carbocycles. The van der Waals surface area contributed by atoms with Gasteiger partial charge in [-0.05, 0) is 70.5 Å². The van der Waals surface area contributed by atoms with E-state index in [4.69, 9.17) is 0 Å². The number of hydrogen-bond donors (Lipinski definition) is 1. The van der Waals surface area contributed by atoms with Crippen LogP contribution >= 0.6 is 0 Å². The Bertz CT molecular complexity index is 1070. The van der Waals surface area contributed by atoms with Gasteiger partial charge in [0.15, 0.2) is 0 Å². The van der Waals surface area contributed by atoms with E-state index < -0.39 is 35.4 Å². The summed E-state index contributed by atoms with van der Waals surface area (Å²) in [6, 6.07) is 13.7. The van der Waals surface area contributed by atoms with E-state index in [0.29, 0.717) is 34.2 Å². The fraction of sp³-hybridized carbons (Fsp3) is 0.269. The van der Waals surface area contributed by atoms with Crippen LogP contribution in [0, 0.1) is 5.92 Å². The molecular weight excluding hydrogens is 458 g/mol. The first-order valence-corrected chi connectivity index (χ1v) is 10.5. The SMILES string of the molecule is CC(C)C[C@H](C(=O)O)c1cc(-c2ccc(C(F)(F)F)cc2)cc(-c2ccc(C(F)(F)F)cc2)c1. The Morgan fingerprint density at radius 2 is 1.09 bits per heavy atom. The zero-order valence-electron chi connectivity index (χ0n) is 18.3. The molecule has 0 spiro atoms. The van der Waals surface area contributed by atoms with Gasteiger partial charge in [0.05, 0.1) is 17.0 Å². The number of carboxylic acids is 1. The van der Waals surface area contributed by atoms with Crippen molar-refractivity contribution in [1.82, 2.24) is 0 Å². The molecule has 180 valence electrons. The van der Waals surface area contributed by atoms with Crippen molar-refractivity contribution < 1.29 is 36.2 Å². The van der Waals surface area contributed by atoms with E-state index in [1.807, 2.05) is 13.8 Å². The molecule has 2 nitrogen and oxygen atoms in total. The van der Waals surface area contributed by atoms with Crippen LogP contribution in [0.4, 0.5) is 26.3 Å². The molecule has 0 unspecified atom stereocenters. The third-order valence-electron chi connectivity index (χ3n) is 5.45. The summed E-state index contributed by atoms with van der Waals surface area (Å²) in [4.78, 5) is 12.0. The Kier molecular flexibility index (Phi) is 7.10. The Morgan fingerprint density at radius 3 is 1.38 bits per heavy atom. The maximum absolute atomic E-state index is 13.0. The van der Waals surface area contributed by atoms with Crippen LogP contribution in [0.25, 0.3) is 22.3 Å². The van der Waals surface area contributed by atoms with Gasteiger partial charge in [-0.3, -0.25) is 4.79 Å². The van der Waals surface area contributed by atoms with E-state index in [9.17, 15) is 36.2 Å². The molecule has 0 fully saturated rings. The zero-order chi connectivity index (χ0) is 25.3. The van der Waals surface area contributed by atoms with E-state index in [0.717, 1.165) is 24.3 Å². The van der Waals surface area contributed by atoms with Gasteiger partial charge in [0.25, 0.3) is 0 Å². The molecule has 0 radical (unpaired) electrons. The van der Waals surface area contributed by atoms with E-state index in [1.165, 1.54) is 24.3 Å². The molecule has 8 heteroatoms. The Hall–Kier alpha value is -3.29. The summed E-state index contributed by atoms with van der Waals surface area (Å²) in [6.07, 6.45) is -8.69. The molecule has 34 heavy (non-hydrogen) atoms. The summed E-state index contributed by atoms with van der Waals surface area (Å²) in [5.41, 5.74) is 0.575. The summed E-state index contributed by atoms with van der Waals surface area (Å²) in [7, 11) is 0. The fourth-order valence-electron chi connectivity index (χ4n) is 3.74. The first-order chi connectivity index (χ1) is 15.8. The molecule has 3 aromatic carbocycles. The normalized spacial score (nSPS) is 13.2. The maximum Gasteiger partial charge on any atom is 0.416 e. The quantitative estimate of drug-likeness (QED) is 0.361. The molecular formula is C26H22F6O2. The van der Waals surface area contributed by atoms with Gasteiger partial charge in [-0.25, -0.2) is 0 Å². The van der Waals surface area contributed by atoms with Crippen molar-refractivity contribution in [2.45, 2.75) is 38.5 Å². The van der Waals surface area contributed by atoms with Crippen molar-refractivity contribution in [2.24, 2.45) is 5.92 Å². The average Bonchev–Trinajstić information content (AvgIpc) is 2.76. The van der Waals surface area contributed by atoms with Gasteiger partial charge < -0.3 is 5.11 Å². The van der Waals surface area contributed by atoms with Crippen LogP contribution in [0.2, 0.25) is 0 Å². The second-order valence-electron chi connectivity index (χ2n) is 8.51. The van der Waals surface area contributed by atoms with Crippen molar-refractivity contribution >= 4 is 5.97 Å². The predicted octanol–water partition coefficient (Wildman–Crippen LogP) is 8.27. The molecule has 0 saturated heterocycles. The Balaban J connectivity index is 2.14. The molecule has 0 amide bonds. The monoisotopic (exact) mass is 480 g/mol. The molecule has 0 heterocycles. The molecule has 3 rings (SSSR count). The molecule has 1 N–H and O–H groups in total. The van der Waals surface area contributed by atoms with Crippen molar-refractivity contribution in [3.8, 4) is 22.3 Å². The van der Waals surface area contributed by atoms with Crippen molar-refractivity contribution in [2.75, 3.05) is 0 Å². The largest absolute Gasteiger partial charge is 0.481 e. The zero-order valence-corrected chi connectivity index (χ0v) is 18.3. The number of aliphatic carboxylic acids is 1. The first-order valence-electron chi connectivity index (χ1n) is 10.5. The highest BCUT2D eigenvalue weighted by molar-refractivity contribution is 5.80.